The molecule has 4 rings (SSSR count). The standard InChI is InChI=1S/C26H26N2O2/c1-19-8-5-6-11-23(19)25(21-9-3-2-4-10-21)27-26(30)22-15-13-20(14-16-22)18-28-17-7-12-24(28)29/h2-6,8-11,13-16,25H,7,12,17-18H2,1H3,(H,27,30)/t25-/m1/s1. The minimum absolute atomic E-state index is 0.115. The number of aryl methyl sites for hydroxylation is 1. The van der Waals surface area contributed by atoms with Crippen molar-refractivity contribution in [2.24, 2.45) is 0 Å². The first-order valence-corrected chi connectivity index (χ1v) is 10.4. The quantitative estimate of drug-likeness (QED) is 0.658. The third kappa shape index (κ3) is 4.43. The summed E-state index contributed by atoms with van der Waals surface area (Å²) in [4.78, 5) is 26.8. The summed E-state index contributed by atoms with van der Waals surface area (Å²) in [5, 5.41) is 3.20. The van der Waals surface area contributed by atoms with E-state index in [0.29, 0.717) is 18.5 Å². The molecule has 1 heterocycles. The minimum Gasteiger partial charge on any atom is -0.341 e. The number of carbonyl (C=O) groups excluding carboxylic acids is 2. The van der Waals surface area contributed by atoms with Gasteiger partial charge >= 0.3 is 0 Å². The van der Waals surface area contributed by atoms with Crippen molar-refractivity contribution in [3.8, 4) is 0 Å². The zero-order valence-electron chi connectivity index (χ0n) is 17.2. The molecule has 3 aromatic rings. The van der Waals surface area contributed by atoms with Gasteiger partial charge in [0.25, 0.3) is 5.91 Å². The van der Waals surface area contributed by atoms with E-state index >= 15 is 0 Å². The summed E-state index contributed by atoms with van der Waals surface area (Å²) >= 11 is 0. The molecule has 1 aliphatic heterocycles. The highest BCUT2D eigenvalue weighted by molar-refractivity contribution is 5.94. The molecule has 0 bridgehead atoms. The highest BCUT2D eigenvalue weighted by Crippen LogP contribution is 2.25. The van der Waals surface area contributed by atoms with Crippen LogP contribution in [0.3, 0.4) is 0 Å². The molecule has 0 unspecified atom stereocenters. The average Bonchev–Trinajstić information content (AvgIpc) is 3.18. The topological polar surface area (TPSA) is 49.4 Å². The third-order valence-electron chi connectivity index (χ3n) is 5.67. The SMILES string of the molecule is Cc1ccccc1[C@H](NC(=O)c1ccc(CN2CCCC2=O)cc1)c1ccccc1. The van der Waals surface area contributed by atoms with Crippen molar-refractivity contribution in [3.63, 3.8) is 0 Å². The maximum Gasteiger partial charge on any atom is 0.252 e. The number of hydrogen-bond donors (Lipinski definition) is 1. The molecule has 3 aromatic carbocycles. The molecule has 1 aliphatic rings. The highest BCUT2D eigenvalue weighted by atomic mass is 16.2. The Hall–Kier alpha value is -3.40. The van der Waals surface area contributed by atoms with Crippen molar-refractivity contribution < 1.29 is 9.59 Å². The Labute approximate surface area is 177 Å². The van der Waals surface area contributed by atoms with Crippen molar-refractivity contribution in [1.82, 2.24) is 10.2 Å². The van der Waals surface area contributed by atoms with Crippen LogP contribution in [-0.4, -0.2) is 23.3 Å². The lowest BCUT2D eigenvalue weighted by Gasteiger charge is -2.22. The van der Waals surface area contributed by atoms with Gasteiger partial charge in [-0.25, -0.2) is 0 Å². The Morgan fingerprint density at radius 2 is 1.67 bits per heavy atom. The summed E-state index contributed by atoms with van der Waals surface area (Å²) in [5.74, 6) is 0.0941. The molecular weight excluding hydrogens is 372 g/mol. The Balaban J connectivity index is 1.52. The summed E-state index contributed by atoms with van der Waals surface area (Å²) in [6, 6.07) is 25.5. The molecule has 1 atom stereocenters. The van der Waals surface area contributed by atoms with Crippen LogP contribution < -0.4 is 5.32 Å². The highest BCUT2D eigenvalue weighted by Gasteiger charge is 2.21. The van der Waals surface area contributed by atoms with Gasteiger partial charge in [0.15, 0.2) is 0 Å². The molecule has 0 saturated carbocycles. The van der Waals surface area contributed by atoms with Crippen LogP contribution in [-0.2, 0) is 11.3 Å². The van der Waals surface area contributed by atoms with Crippen LogP contribution in [0.4, 0.5) is 0 Å². The molecule has 0 radical (unpaired) electrons. The van der Waals surface area contributed by atoms with Crippen LogP contribution in [0.25, 0.3) is 0 Å². The first-order chi connectivity index (χ1) is 14.6. The van der Waals surface area contributed by atoms with E-state index in [9.17, 15) is 9.59 Å². The number of carbonyl (C=O) groups is 2. The lowest BCUT2D eigenvalue weighted by molar-refractivity contribution is -0.128. The largest absolute Gasteiger partial charge is 0.341 e. The lowest BCUT2D eigenvalue weighted by Crippen LogP contribution is -2.30. The second-order valence-electron chi connectivity index (χ2n) is 7.79. The zero-order chi connectivity index (χ0) is 20.9. The predicted octanol–water partition coefficient (Wildman–Crippen LogP) is 4.64. The van der Waals surface area contributed by atoms with E-state index in [0.717, 1.165) is 35.2 Å². The second kappa shape index (κ2) is 8.95. The fourth-order valence-corrected chi connectivity index (χ4v) is 3.96. The van der Waals surface area contributed by atoms with Gasteiger partial charge in [-0.2, -0.15) is 0 Å². The van der Waals surface area contributed by atoms with Gasteiger partial charge in [-0.1, -0.05) is 66.7 Å². The second-order valence-corrected chi connectivity index (χ2v) is 7.79. The molecule has 30 heavy (non-hydrogen) atoms. The van der Waals surface area contributed by atoms with E-state index in [1.807, 2.05) is 71.6 Å². The Bertz CT molecular complexity index is 1030. The van der Waals surface area contributed by atoms with Crippen LogP contribution in [0.2, 0.25) is 0 Å². The summed E-state index contributed by atoms with van der Waals surface area (Å²) < 4.78 is 0. The van der Waals surface area contributed by atoms with Crippen LogP contribution in [0.15, 0.2) is 78.9 Å². The summed E-state index contributed by atoms with van der Waals surface area (Å²) in [7, 11) is 0. The first kappa shape index (κ1) is 19.9. The van der Waals surface area contributed by atoms with E-state index in [2.05, 4.69) is 24.4 Å². The van der Waals surface area contributed by atoms with Crippen molar-refractivity contribution in [2.45, 2.75) is 32.4 Å². The van der Waals surface area contributed by atoms with Gasteiger partial charge in [0.2, 0.25) is 5.91 Å². The van der Waals surface area contributed by atoms with Gasteiger partial charge in [0, 0.05) is 25.1 Å². The number of nitrogens with one attached hydrogen (secondary N) is 1. The van der Waals surface area contributed by atoms with Crippen molar-refractivity contribution in [2.75, 3.05) is 6.54 Å². The van der Waals surface area contributed by atoms with Gasteiger partial charge in [0.1, 0.15) is 0 Å². The van der Waals surface area contributed by atoms with Crippen LogP contribution in [0.1, 0.15) is 51.5 Å². The average molecular weight is 399 g/mol. The van der Waals surface area contributed by atoms with E-state index in [4.69, 9.17) is 0 Å². The molecule has 0 aliphatic carbocycles. The van der Waals surface area contributed by atoms with Crippen molar-refractivity contribution in [3.05, 3.63) is 107 Å². The number of benzene rings is 3. The molecule has 1 saturated heterocycles. The minimum atomic E-state index is -0.221. The Kier molecular flexibility index (Phi) is 5.94. The smallest absolute Gasteiger partial charge is 0.252 e. The number of likely N-dealkylation sites (tertiary alicyclic amines) is 1. The number of nitrogens with zero attached hydrogens (tertiary/aromatic N) is 1. The molecule has 1 N–H and O–H groups in total. The van der Waals surface area contributed by atoms with Gasteiger partial charge in [0.05, 0.1) is 6.04 Å². The molecule has 0 spiro atoms. The van der Waals surface area contributed by atoms with E-state index in [1.54, 1.807) is 0 Å². The zero-order valence-corrected chi connectivity index (χ0v) is 17.2. The molecule has 4 nitrogen and oxygen atoms in total. The summed E-state index contributed by atoms with van der Waals surface area (Å²) in [6.07, 6.45) is 1.57. The van der Waals surface area contributed by atoms with Crippen molar-refractivity contribution in [1.29, 1.82) is 0 Å². The predicted molar refractivity (Wildman–Crippen MR) is 118 cm³/mol. The van der Waals surface area contributed by atoms with E-state index in [-0.39, 0.29) is 17.9 Å². The van der Waals surface area contributed by atoms with E-state index in [1.165, 1.54) is 0 Å². The molecule has 0 aromatic heterocycles. The molecule has 2 amide bonds. The molecule has 4 heteroatoms. The Morgan fingerprint density at radius 1 is 0.967 bits per heavy atom. The number of hydrogen-bond acceptors (Lipinski definition) is 2. The summed E-state index contributed by atoms with van der Waals surface area (Å²) in [6.45, 7) is 3.48. The third-order valence-corrected chi connectivity index (χ3v) is 5.67. The summed E-state index contributed by atoms with van der Waals surface area (Å²) in [5.41, 5.74) is 4.92. The molecule has 152 valence electrons. The number of amides is 2. The number of rotatable bonds is 6. The fourth-order valence-electron chi connectivity index (χ4n) is 3.96. The van der Waals surface area contributed by atoms with Gasteiger partial charge in [-0.3, -0.25) is 9.59 Å². The van der Waals surface area contributed by atoms with Crippen LogP contribution in [0.5, 0.6) is 0 Å². The lowest BCUT2D eigenvalue weighted by atomic mass is 9.94. The van der Waals surface area contributed by atoms with Gasteiger partial charge < -0.3 is 10.2 Å². The van der Waals surface area contributed by atoms with Gasteiger partial charge in [-0.15, -0.1) is 0 Å². The molecule has 1 fully saturated rings. The normalized spacial score (nSPS) is 14.6. The Morgan fingerprint density at radius 3 is 2.33 bits per heavy atom. The fraction of sp³-hybridized carbons (Fsp3) is 0.231. The molecular formula is C26H26N2O2. The maximum absolute atomic E-state index is 13.0. The first-order valence-electron chi connectivity index (χ1n) is 10.4. The van der Waals surface area contributed by atoms with Crippen LogP contribution >= 0.6 is 0 Å². The van der Waals surface area contributed by atoms with Gasteiger partial charge in [-0.05, 0) is 47.7 Å². The van der Waals surface area contributed by atoms with Crippen LogP contribution in [0, 0.1) is 6.92 Å². The maximum atomic E-state index is 13.0. The van der Waals surface area contributed by atoms with E-state index < -0.39 is 0 Å². The van der Waals surface area contributed by atoms with Crippen molar-refractivity contribution >= 4 is 11.8 Å². The monoisotopic (exact) mass is 398 g/mol.